The molecule has 1 aromatic rings. The molecule has 0 aliphatic carbocycles. The first-order chi connectivity index (χ1) is 10.00. The van der Waals surface area contributed by atoms with Crippen molar-refractivity contribution in [1.29, 1.82) is 0 Å². The van der Waals surface area contributed by atoms with Crippen LogP contribution in [0.15, 0.2) is 18.2 Å². The van der Waals surface area contributed by atoms with Gasteiger partial charge in [0.15, 0.2) is 0 Å². The van der Waals surface area contributed by atoms with Gasteiger partial charge < -0.3 is 20.9 Å². The molecular formula is C14H17FN2O4. The van der Waals surface area contributed by atoms with Crippen LogP contribution in [0, 0.1) is 11.2 Å². The molecule has 1 fully saturated rings. The number of carboxylic acid groups (broad SMARTS) is 1. The van der Waals surface area contributed by atoms with Crippen LogP contribution in [-0.2, 0) is 9.53 Å². The molecule has 0 saturated carbocycles. The first-order valence-corrected chi connectivity index (χ1v) is 6.61. The number of hydrogen-bond donors (Lipinski definition) is 3. The number of halogens is 1. The lowest BCUT2D eigenvalue weighted by Crippen LogP contribution is -2.46. The highest BCUT2D eigenvalue weighted by atomic mass is 19.1. The average molecular weight is 296 g/mol. The van der Waals surface area contributed by atoms with E-state index in [1.165, 1.54) is 12.1 Å². The van der Waals surface area contributed by atoms with Gasteiger partial charge in [-0.15, -0.1) is 0 Å². The van der Waals surface area contributed by atoms with Gasteiger partial charge in [-0.1, -0.05) is 6.07 Å². The highest BCUT2D eigenvalue weighted by Gasteiger charge is 2.39. The van der Waals surface area contributed by atoms with Crippen LogP contribution in [0.25, 0.3) is 0 Å². The summed E-state index contributed by atoms with van der Waals surface area (Å²) in [6.45, 7) is 0.957. The number of ether oxygens (including phenoxy) is 1. The Bertz CT molecular complexity index is 556. The van der Waals surface area contributed by atoms with Crippen molar-refractivity contribution in [2.24, 2.45) is 11.1 Å². The minimum absolute atomic E-state index is 0.0631. The van der Waals surface area contributed by atoms with Gasteiger partial charge in [-0.3, -0.25) is 4.79 Å². The summed E-state index contributed by atoms with van der Waals surface area (Å²) in [5.74, 6) is -2.73. The topological polar surface area (TPSA) is 102 Å². The fourth-order valence-electron chi connectivity index (χ4n) is 2.39. The number of hydrogen-bond acceptors (Lipinski definition) is 4. The standard InChI is InChI=1S/C14H17FN2O4/c15-9-2-1-3-10(11(9)12(18)19)17-13(20)14(8-16)4-6-21-7-5-14/h1-3H,4-8,16H2,(H,17,20)(H,18,19). The number of aromatic carboxylic acids is 1. The van der Waals surface area contributed by atoms with Gasteiger partial charge in [0.25, 0.3) is 0 Å². The minimum atomic E-state index is -1.43. The molecule has 0 radical (unpaired) electrons. The summed E-state index contributed by atoms with van der Waals surface area (Å²) < 4.78 is 18.8. The van der Waals surface area contributed by atoms with E-state index in [1.807, 2.05) is 0 Å². The monoisotopic (exact) mass is 296 g/mol. The summed E-state index contributed by atoms with van der Waals surface area (Å²) in [6.07, 6.45) is 0.903. The Labute approximate surface area is 121 Å². The van der Waals surface area contributed by atoms with E-state index in [0.29, 0.717) is 26.1 Å². The molecule has 0 atom stereocenters. The minimum Gasteiger partial charge on any atom is -0.478 e. The quantitative estimate of drug-likeness (QED) is 0.775. The molecule has 1 amide bonds. The zero-order chi connectivity index (χ0) is 15.5. The summed E-state index contributed by atoms with van der Waals surface area (Å²) in [5.41, 5.74) is 4.29. The molecule has 1 saturated heterocycles. The lowest BCUT2D eigenvalue weighted by Gasteiger charge is -2.34. The molecule has 4 N–H and O–H groups in total. The van der Waals surface area contributed by atoms with E-state index in [4.69, 9.17) is 15.6 Å². The molecule has 1 aromatic carbocycles. The second-order valence-electron chi connectivity index (χ2n) is 5.02. The van der Waals surface area contributed by atoms with Crippen LogP contribution >= 0.6 is 0 Å². The second-order valence-corrected chi connectivity index (χ2v) is 5.02. The van der Waals surface area contributed by atoms with Crippen LogP contribution in [0.4, 0.5) is 10.1 Å². The van der Waals surface area contributed by atoms with Crippen molar-refractivity contribution >= 4 is 17.6 Å². The van der Waals surface area contributed by atoms with Crippen LogP contribution in [0.1, 0.15) is 23.2 Å². The Morgan fingerprint density at radius 2 is 2.05 bits per heavy atom. The van der Waals surface area contributed by atoms with Gasteiger partial charge >= 0.3 is 5.97 Å². The Kier molecular flexibility index (Phi) is 4.54. The third-order valence-corrected chi connectivity index (χ3v) is 3.80. The van der Waals surface area contributed by atoms with E-state index >= 15 is 0 Å². The van der Waals surface area contributed by atoms with Crippen LogP contribution in [0.3, 0.4) is 0 Å². The number of nitrogens with two attached hydrogens (primary N) is 1. The lowest BCUT2D eigenvalue weighted by atomic mass is 9.79. The number of nitrogens with one attached hydrogen (secondary N) is 1. The maximum Gasteiger partial charge on any atom is 0.340 e. The summed E-state index contributed by atoms with van der Waals surface area (Å²) in [6, 6.07) is 3.73. The normalized spacial score (nSPS) is 17.2. The summed E-state index contributed by atoms with van der Waals surface area (Å²) in [7, 11) is 0. The maximum absolute atomic E-state index is 13.6. The summed E-state index contributed by atoms with van der Waals surface area (Å²) >= 11 is 0. The van der Waals surface area contributed by atoms with Gasteiger partial charge in [0.1, 0.15) is 11.4 Å². The first-order valence-electron chi connectivity index (χ1n) is 6.61. The molecule has 0 bridgehead atoms. The van der Waals surface area contributed by atoms with Crippen LogP contribution in [0.2, 0.25) is 0 Å². The molecule has 21 heavy (non-hydrogen) atoms. The Morgan fingerprint density at radius 1 is 1.38 bits per heavy atom. The number of anilines is 1. The predicted octanol–water partition coefficient (Wildman–Crippen LogP) is 1.22. The molecule has 6 nitrogen and oxygen atoms in total. The molecule has 1 aliphatic heterocycles. The smallest absolute Gasteiger partial charge is 0.340 e. The number of benzene rings is 1. The molecule has 0 unspecified atom stereocenters. The van der Waals surface area contributed by atoms with E-state index in [1.54, 1.807) is 0 Å². The van der Waals surface area contributed by atoms with Crippen molar-refractivity contribution in [1.82, 2.24) is 0 Å². The molecule has 7 heteroatoms. The van der Waals surface area contributed by atoms with Gasteiger partial charge in [0, 0.05) is 19.8 Å². The fraction of sp³-hybridized carbons (Fsp3) is 0.429. The molecular weight excluding hydrogens is 279 g/mol. The van der Waals surface area contributed by atoms with E-state index in [9.17, 15) is 14.0 Å². The maximum atomic E-state index is 13.6. The van der Waals surface area contributed by atoms with Gasteiger partial charge in [-0.05, 0) is 25.0 Å². The zero-order valence-corrected chi connectivity index (χ0v) is 11.4. The first kappa shape index (κ1) is 15.4. The van der Waals surface area contributed by atoms with Crippen molar-refractivity contribution in [2.45, 2.75) is 12.8 Å². The fourth-order valence-corrected chi connectivity index (χ4v) is 2.39. The van der Waals surface area contributed by atoms with Crippen molar-refractivity contribution in [3.05, 3.63) is 29.6 Å². The van der Waals surface area contributed by atoms with Crippen LogP contribution in [0.5, 0.6) is 0 Å². The highest BCUT2D eigenvalue weighted by molar-refractivity contribution is 6.02. The van der Waals surface area contributed by atoms with Crippen molar-refractivity contribution in [3.63, 3.8) is 0 Å². The number of carbonyl (C=O) groups excluding carboxylic acids is 1. The van der Waals surface area contributed by atoms with Crippen molar-refractivity contribution in [2.75, 3.05) is 25.1 Å². The Balaban J connectivity index is 2.27. The Morgan fingerprint density at radius 3 is 2.62 bits per heavy atom. The van der Waals surface area contributed by atoms with Gasteiger partial charge in [-0.2, -0.15) is 0 Å². The number of carbonyl (C=O) groups is 2. The molecule has 2 rings (SSSR count). The van der Waals surface area contributed by atoms with Crippen LogP contribution in [-0.4, -0.2) is 36.7 Å². The van der Waals surface area contributed by atoms with Gasteiger partial charge in [0.05, 0.1) is 11.1 Å². The largest absolute Gasteiger partial charge is 0.478 e. The van der Waals surface area contributed by atoms with E-state index < -0.39 is 28.7 Å². The molecule has 1 heterocycles. The molecule has 0 aromatic heterocycles. The van der Waals surface area contributed by atoms with Gasteiger partial charge in [0.2, 0.25) is 5.91 Å². The second kappa shape index (κ2) is 6.19. The summed E-state index contributed by atoms with van der Waals surface area (Å²) in [5, 5.41) is 11.6. The number of carboxylic acids is 1. The lowest BCUT2D eigenvalue weighted by molar-refractivity contribution is -0.130. The zero-order valence-electron chi connectivity index (χ0n) is 11.4. The van der Waals surface area contributed by atoms with E-state index in [0.717, 1.165) is 6.07 Å². The average Bonchev–Trinajstić information content (AvgIpc) is 2.47. The molecule has 1 aliphatic rings. The number of rotatable bonds is 4. The number of amides is 1. The summed E-state index contributed by atoms with van der Waals surface area (Å²) in [4.78, 5) is 23.6. The molecule has 0 spiro atoms. The highest BCUT2D eigenvalue weighted by Crippen LogP contribution is 2.31. The van der Waals surface area contributed by atoms with E-state index in [-0.39, 0.29) is 12.2 Å². The van der Waals surface area contributed by atoms with E-state index in [2.05, 4.69) is 5.32 Å². The third-order valence-electron chi connectivity index (χ3n) is 3.80. The SMILES string of the molecule is NCC1(C(=O)Nc2cccc(F)c2C(=O)O)CCOCC1. The van der Waals surface area contributed by atoms with Crippen molar-refractivity contribution < 1.29 is 23.8 Å². The van der Waals surface area contributed by atoms with Crippen molar-refractivity contribution in [3.8, 4) is 0 Å². The van der Waals surface area contributed by atoms with Crippen LogP contribution < -0.4 is 11.1 Å². The molecule has 114 valence electrons. The van der Waals surface area contributed by atoms with Gasteiger partial charge in [-0.25, -0.2) is 9.18 Å². The Hall–Kier alpha value is -1.99. The predicted molar refractivity (Wildman–Crippen MR) is 73.5 cm³/mol. The third kappa shape index (κ3) is 3.03.